The van der Waals surface area contributed by atoms with E-state index < -0.39 is 43.4 Å². The maximum Gasteiger partial charge on any atom is 0.306 e. The summed E-state index contributed by atoms with van der Waals surface area (Å²) in [5.41, 5.74) is 0. The number of ether oxygens (including phenoxy) is 4. The van der Waals surface area contributed by atoms with Crippen LogP contribution in [0.1, 0.15) is 194 Å². The van der Waals surface area contributed by atoms with Gasteiger partial charge in [0.1, 0.15) is 30.5 Å². The molecule has 1 saturated heterocycles. The summed E-state index contributed by atoms with van der Waals surface area (Å²) in [6.45, 7) is 4.52. The van der Waals surface area contributed by atoms with Gasteiger partial charge < -0.3 is 39.4 Å². The lowest BCUT2D eigenvalue weighted by molar-refractivity contribution is -0.305. The number of carbonyl (C=O) groups is 1. The van der Waals surface area contributed by atoms with Gasteiger partial charge in [-0.1, -0.05) is 154 Å². The number of allylic oxidation sites excluding steroid dienone is 4. The van der Waals surface area contributed by atoms with Gasteiger partial charge in [-0.2, -0.15) is 0 Å². The van der Waals surface area contributed by atoms with Crippen molar-refractivity contribution in [3.05, 3.63) is 24.3 Å². The van der Waals surface area contributed by atoms with Gasteiger partial charge in [-0.05, 0) is 57.8 Å². The minimum Gasteiger partial charge on any atom is -0.457 e. The zero-order valence-electron chi connectivity index (χ0n) is 34.7. The summed E-state index contributed by atoms with van der Waals surface area (Å²) in [4.78, 5) is 12.8. The molecule has 0 amide bonds. The minimum absolute atomic E-state index is 0.114. The Morgan fingerprint density at radius 2 is 1.04 bits per heavy atom. The molecule has 6 atom stereocenters. The summed E-state index contributed by atoms with van der Waals surface area (Å²) in [7, 11) is 0. The number of unbranched alkanes of at least 4 members (excludes halogenated alkanes) is 23. The normalized spacial score (nSPS) is 21.0. The molecule has 0 radical (unpaired) electrons. The fourth-order valence-electron chi connectivity index (χ4n) is 6.76. The predicted octanol–water partition coefficient (Wildman–Crippen LogP) is 9.81. The Morgan fingerprint density at radius 1 is 0.574 bits per heavy atom. The first-order valence-corrected chi connectivity index (χ1v) is 22.4. The van der Waals surface area contributed by atoms with Gasteiger partial charge in [0.2, 0.25) is 0 Å². The van der Waals surface area contributed by atoms with Crippen LogP contribution in [0.3, 0.4) is 0 Å². The lowest BCUT2D eigenvalue weighted by Gasteiger charge is -2.39. The fraction of sp³-hybridized carbons (Fsp3) is 0.889. The van der Waals surface area contributed by atoms with E-state index in [1.807, 2.05) is 0 Å². The van der Waals surface area contributed by atoms with Crippen molar-refractivity contribution in [3.63, 3.8) is 0 Å². The Hall–Kier alpha value is -1.33. The number of rotatable bonds is 38. The van der Waals surface area contributed by atoms with Crippen LogP contribution in [0.4, 0.5) is 0 Å². The van der Waals surface area contributed by atoms with Crippen molar-refractivity contribution in [2.45, 2.75) is 230 Å². The van der Waals surface area contributed by atoms with Crippen LogP contribution in [0.2, 0.25) is 0 Å². The highest BCUT2D eigenvalue weighted by Gasteiger charge is 2.44. The van der Waals surface area contributed by atoms with Gasteiger partial charge in [-0.15, -0.1) is 0 Å². The summed E-state index contributed by atoms with van der Waals surface area (Å²) in [6.07, 6.45) is 34.9. The molecule has 0 aromatic heterocycles. The van der Waals surface area contributed by atoms with Gasteiger partial charge in [-0.25, -0.2) is 0 Å². The van der Waals surface area contributed by atoms with Crippen molar-refractivity contribution in [1.29, 1.82) is 0 Å². The maximum atomic E-state index is 12.8. The molecular formula is C45H84O9. The summed E-state index contributed by atoms with van der Waals surface area (Å²) >= 11 is 0. The molecule has 0 aliphatic carbocycles. The van der Waals surface area contributed by atoms with Crippen LogP contribution < -0.4 is 0 Å². The molecule has 0 aromatic rings. The van der Waals surface area contributed by atoms with E-state index in [2.05, 4.69) is 38.2 Å². The van der Waals surface area contributed by atoms with E-state index in [9.17, 15) is 25.2 Å². The van der Waals surface area contributed by atoms with Crippen LogP contribution in [-0.2, 0) is 23.7 Å². The Labute approximate surface area is 330 Å². The lowest BCUT2D eigenvalue weighted by Crippen LogP contribution is -2.59. The van der Waals surface area contributed by atoms with Gasteiger partial charge in [-0.3, -0.25) is 4.79 Å². The SMILES string of the molecule is CCCC/C=C\CCCCCCCCOCC(COC1OC(CO)C(O)C(O)C1O)OC(=O)CCCCCCCCCCC/C=C\CCCCCCCC. The third-order valence-corrected chi connectivity index (χ3v) is 10.3. The van der Waals surface area contributed by atoms with Crippen molar-refractivity contribution in [2.75, 3.05) is 26.4 Å². The summed E-state index contributed by atoms with van der Waals surface area (Å²) in [6, 6.07) is 0. The smallest absolute Gasteiger partial charge is 0.306 e. The molecule has 1 rings (SSSR count). The predicted molar refractivity (Wildman–Crippen MR) is 219 cm³/mol. The van der Waals surface area contributed by atoms with Crippen molar-refractivity contribution >= 4 is 5.97 Å². The van der Waals surface area contributed by atoms with E-state index in [-0.39, 0.29) is 19.2 Å². The Bertz CT molecular complexity index is 879. The molecule has 318 valence electrons. The molecule has 4 N–H and O–H groups in total. The molecule has 9 nitrogen and oxygen atoms in total. The van der Waals surface area contributed by atoms with Gasteiger partial charge in [0, 0.05) is 13.0 Å². The van der Waals surface area contributed by atoms with Crippen molar-refractivity contribution < 1.29 is 44.2 Å². The van der Waals surface area contributed by atoms with E-state index in [0.29, 0.717) is 13.0 Å². The molecule has 9 heteroatoms. The molecule has 0 spiro atoms. The first-order chi connectivity index (χ1) is 26.4. The highest BCUT2D eigenvalue weighted by Crippen LogP contribution is 2.22. The number of esters is 1. The van der Waals surface area contributed by atoms with Crippen LogP contribution in [0.15, 0.2) is 24.3 Å². The first-order valence-electron chi connectivity index (χ1n) is 22.4. The van der Waals surface area contributed by atoms with Gasteiger partial charge in [0.25, 0.3) is 0 Å². The molecule has 1 heterocycles. The van der Waals surface area contributed by atoms with Crippen LogP contribution in [-0.4, -0.2) is 89.6 Å². The van der Waals surface area contributed by atoms with Gasteiger partial charge in [0.05, 0.1) is 19.8 Å². The standard InChI is InChI=1S/C45H84O9/c1-3-5-7-9-11-13-15-17-18-19-20-21-22-23-24-26-28-30-32-34-41(47)53-39(38-52-45-44(50)43(49)42(48)40(36-46)54-45)37-51-35-33-31-29-27-25-16-14-12-10-8-6-4-2/h10,12,17-18,39-40,42-46,48-50H,3-9,11,13-16,19-38H2,1-2H3/b12-10-,18-17-. The van der Waals surface area contributed by atoms with Crippen LogP contribution >= 0.6 is 0 Å². The topological polar surface area (TPSA) is 135 Å². The fourth-order valence-corrected chi connectivity index (χ4v) is 6.76. The molecule has 0 bridgehead atoms. The highest BCUT2D eigenvalue weighted by atomic mass is 16.7. The summed E-state index contributed by atoms with van der Waals surface area (Å²) in [5.74, 6) is -0.317. The number of aliphatic hydroxyl groups excluding tert-OH is 4. The second-order valence-corrected chi connectivity index (χ2v) is 15.5. The second kappa shape index (κ2) is 37.3. The number of hydrogen-bond donors (Lipinski definition) is 4. The molecule has 0 aromatic carbocycles. The molecular weight excluding hydrogens is 684 g/mol. The van der Waals surface area contributed by atoms with Gasteiger partial charge >= 0.3 is 5.97 Å². The largest absolute Gasteiger partial charge is 0.457 e. The van der Waals surface area contributed by atoms with E-state index in [1.165, 1.54) is 135 Å². The van der Waals surface area contributed by atoms with Crippen LogP contribution in [0.5, 0.6) is 0 Å². The Kier molecular flexibility index (Phi) is 35.0. The number of hydrogen-bond acceptors (Lipinski definition) is 9. The quantitative estimate of drug-likeness (QED) is 0.0275. The molecule has 1 fully saturated rings. The third kappa shape index (κ3) is 28.1. The lowest BCUT2D eigenvalue weighted by atomic mass is 9.99. The Morgan fingerprint density at radius 3 is 1.56 bits per heavy atom. The first kappa shape index (κ1) is 50.7. The van der Waals surface area contributed by atoms with E-state index in [0.717, 1.165) is 38.5 Å². The molecule has 54 heavy (non-hydrogen) atoms. The average Bonchev–Trinajstić information content (AvgIpc) is 3.17. The van der Waals surface area contributed by atoms with E-state index >= 15 is 0 Å². The van der Waals surface area contributed by atoms with Crippen LogP contribution in [0.25, 0.3) is 0 Å². The average molecular weight is 769 g/mol. The molecule has 6 unspecified atom stereocenters. The number of carbonyl (C=O) groups excluding carboxylic acids is 1. The van der Waals surface area contributed by atoms with E-state index in [1.54, 1.807) is 0 Å². The zero-order chi connectivity index (χ0) is 39.3. The number of aliphatic hydroxyl groups is 4. The highest BCUT2D eigenvalue weighted by molar-refractivity contribution is 5.69. The molecule has 1 aliphatic rings. The van der Waals surface area contributed by atoms with Crippen LogP contribution in [0, 0.1) is 0 Å². The van der Waals surface area contributed by atoms with Crippen molar-refractivity contribution in [1.82, 2.24) is 0 Å². The third-order valence-electron chi connectivity index (χ3n) is 10.3. The summed E-state index contributed by atoms with van der Waals surface area (Å²) < 4.78 is 22.8. The Balaban J connectivity index is 2.24. The van der Waals surface area contributed by atoms with E-state index in [4.69, 9.17) is 18.9 Å². The molecule has 0 saturated carbocycles. The van der Waals surface area contributed by atoms with Gasteiger partial charge in [0.15, 0.2) is 6.29 Å². The summed E-state index contributed by atoms with van der Waals surface area (Å²) in [5, 5.41) is 40.1. The minimum atomic E-state index is -1.53. The van der Waals surface area contributed by atoms with Crippen molar-refractivity contribution in [2.24, 2.45) is 0 Å². The zero-order valence-corrected chi connectivity index (χ0v) is 34.7. The second-order valence-electron chi connectivity index (χ2n) is 15.5. The molecule has 1 aliphatic heterocycles. The maximum absolute atomic E-state index is 12.8. The monoisotopic (exact) mass is 769 g/mol. The van der Waals surface area contributed by atoms with Crippen molar-refractivity contribution in [3.8, 4) is 0 Å².